The van der Waals surface area contributed by atoms with Crippen molar-refractivity contribution in [1.29, 1.82) is 0 Å². The Kier molecular flexibility index (Phi) is 3.98. The third-order valence-electron chi connectivity index (χ3n) is 4.78. The highest BCUT2D eigenvalue weighted by Gasteiger charge is 2.50. The van der Waals surface area contributed by atoms with E-state index >= 15 is 0 Å². The van der Waals surface area contributed by atoms with E-state index < -0.39 is 6.10 Å². The number of benzene rings is 2. The topological polar surface area (TPSA) is 48.0 Å². The van der Waals surface area contributed by atoms with E-state index in [0.29, 0.717) is 12.3 Å². The molecule has 5 nitrogen and oxygen atoms in total. The van der Waals surface area contributed by atoms with Gasteiger partial charge in [-0.3, -0.25) is 4.79 Å². The van der Waals surface area contributed by atoms with Gasteiger partial charge in [0.05, 0.1) is 0 Å². The van der Waals surface area contributed by atoms with Crippen LogP contribution in [0.15, 0.2) is 66.0 Å². The van der Waals surface area contributed by atoms with E-state index in [1.165, 1.54) is 0 Å². The van der Waals surface area contributed by atoms with E-state index in [1.807, 2.05) is 64.9 Å². The molecule has 0 aliphatic carbocycles. The highest BCUT2D eigenvalue weighted by Crippen LogP contribution is 2.41. The van der Waals surface area contributed by atoms with Gasteiger partial charge in [-0.2, -0.15) is 0 Å². The summed E-state index contributed by atoms with van der Waals surface area (Å²) in [5.41, 5.74) is 1.01. The number of fused-ring (bicyclic) bond motifs is 1. The molecule has 0 N–H and O–H groups in total. The molecule has 0 spiro atoms. The lowest BCUT2D eigenvalue weighted by molar-refractivity contribution is -0.165. The molecular weight excluding hydrogens is 362 g/mol. The van der Waals surface area contributed by atoms with Gasteiger partial charge in [-0.15, -0.1) is 11.3 Å². The number of para-hydroxylation sites is 1. The normalized spacial score (nSPS) is 20.4. The molecule has 0 unspecified atom stereocenters. The second-order valence-corrected chi connectivity index (χ2v) is 7.44. The maximum absolute atomic E-state index is 12.9. The zero-order valence-corrected chi connectivity index (χ0v) is 15.2. The summed E-state index contributed by atoms with van der Waals surface area (Å²) in [5, 5.41) is 2.02. The summed E-state index contributed by atoms with van der Waals surface area (Å²) in [6, 6.07) is 19.2. The Morgan fingerprint density at radius 2 is 1.89 bits per heavy atom. The number of likely N-dealkylation sites (tertiary alicyclic amines) is 1. The predicted molar refractivity (Wildman–Crippen MR) is 101 cm³/mol. The van der Waals surface area contributed by atoms with Gasteiger partial charge in [0.15, 0.2) is 11.5 Å². The number of thiophene rings is 1. The zero-order valence-electron chi connectivity index (χ0n) is 14.4. The van der Waals surface area contributed by atoms with Gasteiger partial charge in [0.2, 0.25) is 12.9 Å². The molecule has 1 saturated heterocycles. The standard InChI is InChI=1S/C21H17NO4S/c23-21-20(26-15-5-2-1-3-6-15)19(18-7-4-10-27-18)22(21)12-14-8-9-16-17(11-14)25-13-24-16/h1-11,19-20H,12-13H2/t19-,20+/m1/s1. The number of hydrogen-bond donors (Lipinski definition) is 0. The summed E-state index contributed by atoms with van der Waals surface area (Å²) >= 11 is 1.64. The third-order valence-corrected chi connectivity index (χ3v) is 5.72. The number of amides is 1. The molecule has 1 fully saturated rings. The maximum Gasteiger partial charge on any atom is 0.267 e. The molecule has 0 saturated carbocycles. The summed E-state index contributed by atoms with van der Waals surface area (Å²) in [6.45, 7) is 0.749. The van der Waals surface area contributed by atoms with Crippen molar-refractivity contribution in [3.05, 3.63) is 76.5 Å². The Hall–Kier alpha value is -2.99. The fourth-order valence-electron chi connectivity index (χ4n) is 3.45. The highest BCUT2D eigenvalue weighted by molar-refractivity contribution is 7.10. The second kappa shape index (κ2) is 6.63. The first kappa shape index (κ1) is 16.2. The van der Waals surface area contributed by atoms with Gasteiger partial charge >= 0.3 is 0 Å². The first-order chi connectivity index (χ1) is 13.3. The van der Waals surface area contributed by atoms with Crippen LogP contribution in [0.5, 0.6) is 17.2 Å². The van der Waals surface area contributed by atoms with Gasteiger partial charge in [-0.25, -0.2) is 0 Å². The van der Waals surface area contributed by atoms with E-state index in [0.717, 1.165) is 21.9 Å². The Balaban J connectivity index is 1.39. The quantitative estimate of drug-likeness (QED) is 0.629. The fourth-order valence-corrected chi connectivity index (χ4v) is 4.31. The van der Waals surface area contributed by atoms with Crippen molar-refractivity contribution in [1.82, 2.24) is 4.90 Å². The van der Waals surface area contributed by atoms with Gasteiger partial charge in [-0.1, -0.05) is 30.3 Å². The van der Waals surface area contributed by atoms with Crippen molar-refractivity contribution in [3.63, 3.8) is 0 Å². The number of carbonyl (C=O) groups excluding carboxylic acids is 1. The summed E-state index contributed by atoms with van der Waals surface area (Å²) < 4.78 is 16.8. The maximum atomic E-state index is 12.9. The minimum atomic E-state index is -0.500. The van der Waals surface area contributed by atoms with Crippen molar-refractivity contribution in [2.75, 3.05) is 6.79 Å². The van der Waals surface area contributed by atoms with Crippen molar-refractivity contribution in [2.45, 2.75) is 18.7 Å². The molecule has 5 rings (SSSR count). The van der Waals surface area contributed by atoms with Crippen molar-refractivity contribution >= 4 is 17.2 Å². The average molecular weight is 379 g/mol. The van der Waals surface area contributed by atoms with Crippen molar-refractivity contribution in [2.24, 2.45) is 0 Å². The number of carbonyl (C=O) groups is 1. The Morgan fingerprint density at radius 1 is 1.04 bits per heavy atom. The minimum Gasteiger partial charge on any atom is -0.478 e. The summed E-state index contributed by atoms with van der Waals surface area (Å²) in [6.07, 6.45) is -0.500. The van der Waals surface area contributed by atoms with E-state index in [9.17, 15) is 4.79 Å². The summed E-state index contributed by atoms with van der Waals surface area (Å²) in [7, 11) is 0. The molecule has 3 heterocycles. The van der Waals surface area contributed by atoms with E-state index in [4.69, 9.17) is 14.2 Å². The molecule has 136 valence electrons. The van der Waals surface area contributed by atoms with Gasteiger partial charge in [-0.05, 0) is 41.3 Å². The number of ether oxygens (including phenoxy) is 3. The SMILES string of the molecule is O=C1[C@@H](Oc2ccccc2)[C@@H](c2cccs2)N1Cc1ccc2c(c1)OCO2. The number of rotatable bonds is 5. The number of β-lactam (4-membered cyclic amide) rings is 1. The Morgan fingerprint density at radius 3 is 2.70 bits per heavy atom. The van der Waals surface area contributed by atoms with Crippen LogP contribution in [0.3, 0.4) is 0 Å². The molecule has 27 heavy (non-hydrogen) atoms. The highest BCUT2D eigenvalue weighted by atomic mass is 32.1. The fraction of sp³-hybridized carbons (Fsp3) is 0.190. The summed E-state index contributed by atoms with van der Waals surface area (Å²) in [5.74, 6) is 2.18. The molecule has 2 aliphatic rings. The molecule has 0 bridgehead atoms. The lowest BCUT2D eigenvalue weighted by Crippen LogP contribution is -2.60. The summed E-state index contributed by atoms with van der Waals surface area (Å²) in [4.78, 5) is 15.8. The molecule has 1 aromatic heterocycles. The van der Waals surface area contributed by atoms with E-state index in [1.54, 1.807) is 11.3 Å². The van der Waals surface area contributed by atoms with Crippen LogP contribution < -0.4 is 14.2 Å². The van der Waals surface area contributed by atoms with Crippen molar-refractivity contribution in [3.8, 4) is 17.2 Å². The first-order valence-corrected chi connectivity index (χ1v) is 9.62. The van der Waals surface area contributed by atoms with Crippen LogP contribution in [-0.2, 0) is 11.3 Å². The van der Waals surface area contributed by atoms with E-state index in [2.05, 4.69) is 6.07 Å². The molecule has 1 amide bonds. The molecule has 2 aromatic carbocycles. The largest absolute Gasteiger partial charge is 0.478 e. The first-order valence-electron chi connectivity index (χ1n) is 8.74. The van der Waals surface area contributed by atoms with Crippen LogP contribution >= 0.6 is 11.3 Å². The zero-order chi connectivity index (χ0) is 18.2. The molecule has 3 aromatic rings. The van der Waals surface area contributed by atoms with Gasteiger partial charge in [0, 0.05) is 11.4 Å². The Labute approximate surface area is 160 Å². The smallest absolute Gasteiger partial charge is 0.267 e. The van der Waals surface area contributed by atoms with Gasteiger partial charge in [0.1, 0.15) is 11.8 Å². The van der Waals surface area contributed by atoms with Crippen LogP contribution in [0.4, 0.5) is 0 Å². The van der Waals surface area contributed by atoms with Gasteiger partial charge < -0.3 is 19.1 Å². The van der Waals surface area contributed by atoms with Crippen LogP contribution in [-0.4, -0.2) is 23.7 Å². The van der Waals surface area contributed by atoms with Gasteiger partial charge in [0.25, 0.3) is 5.91 Å². The molecule has 6 heteroatoms. The molecule has 2 aliphatic heterocycles. The van der Waals surface area contributed by atoms with Crippen LogP contribution in [0.1, 0.15) is 16.5 Å². The Bertz CT molecular complexity index is 958. The predicted octanol–water partition coefficient (Wildman–Crippen LogP) is 4.01. The number of hydrogen-bond acceptors (Lipinski definition) is 5. The van der Waals surface area contributed by atoms with E-state index in [-0.39, 0.29) is 18.7 Å². The van der Waals surface area contributed by atoms with Crippen LogP contribution in [0.2, 0.25) is 0 Å². The molecular formula is C21H17NO4S. The molecule has 0 radical (unpaired) electrons. The van der Waals surface area contributed by atoms with Crippen LogP contribution in [0.25, 0.3) is 0 Å². The average Bonchev–Trinajstić information content (AvgIpc) is 3.39. The second-order valence-electron chi connectivity index (χ2n) is 6.47. The lowest BCUT2D eigenvalue weighted by Gasteiger charge is -2.46. The third kappa shape index (κ3) is 2.92. The van der Waals surface area contributed by atoms with Crippen LogP contribution in [0, 0.1) is 0 Å². The monoisotopic (exact) mass is 379 g/mol. The van der Waals surface area contributed by atoms with Crippen molar-refractivity contribution < 1.29 is 19.0 Å². The lowest BCUT2D eigenvalue weighted by atomic mass is 9.95. The number of nitrogens with zero attached hydrogens (tertiary/aromatic N) is 1. The minimum absolute atomic E-state index is 0.00470. The molecule has 2 atom stereocenters.